The first kappa shape index (κ1) is 14.2. The fourth-order valence-corrected chi connectivity index (χ4v) is 4.68. The van der Waals surface area contributed by atoms with E-state index >= 15 is 0 Å². The number of aryl methyl sites for hydroxylation is 3. The van der Waals surface area contributed by atoms with E-state index in [9.17, 15) is 5.11 Å². The number of fused-ring (bicyclic) bond motifs is 4. The van der Waals surface area contributed by atoms with E-state index in [0.29, 0.717) is 5.75 Å². The van der Waals surface area contributed by atoms with Gasteiger partial charge in [-0.2, -0.15) is 0 Å². The molecule has 5 rings (SSSR count). The fraction of sp³-hybridized carbons (Fsp3) is 0.364. The third-order valence-corrected chi connectivity index (χ3v) is 5.85. The highest BCUT2D eigenvalue weighted by Crippen LogP contribution is 2.44. The van der Waals surface area contributed by atoms with Gasteiger partial charge in [0.05, 0.1) is 6.26 Å². The van der Waals surface area contributed by atoms with Crippen molar-refractivity contribution in [1.29, 1.82) is 0 Å². The summed E-state index contributed by atoms with van der Waals surface area (Å²) in [6, 6.07) is 8.30. The van der Waals surface area contributed by atoms with Crippen molar-refractivity contribution in [3.63, 3.8) is 0 Å². The zero-order chi connectivity index (χ0) is 16.1. The number of furan rings is 1. The average Bonchev–Trinajstić information content (AvgIpc) is 3.06. The molecule has 0 aliphatic heterocycles. The Hall–Kier alpha value is -2.22. The van der Waals surface area contributed by atoms with Gasteiger partial charge >= 0.3 is 0 Å². The van der Waals surface area contributed by atoms with Crippen molar-refractivity contribution in [2.24, 2.45) is 0 Å². The largest absolute Gasteiger partial charge is 0.507 e. The van der Waals surface area contributed by atoms with Crippen LogP contribution < -0.4 is 0 Å². The second-order valence-electron chi connectivity index (χ2n) is 7.24. The first-order valence-electron chi connectivity index (χ1n) is 9.19. The van der Waals surface area contributed by atoms with Crippen molar-refractivity contribution in [1.82, 2.24) is 0 Å². The molecule has 0 atom stereocenters. The Labute approximate surface area is 142 Å². The minimum absolute atomic E-state index is 0.395. The lowest BCUT2D eigenvalue weighted by molar-refractivity contribution is 0.475. The second kappa shape index (κ2) is 5.41. The van der Waals surface area contributed by atoms with Crippen LogP contribution in [0.1, 0.15) is 47.9 Å². The molecular weight excluding hydrogens is 296 g/mol. The summed E-state index contributed by atoms with van der Waals surface area (Å²) < 4.78 is 5.90. The van der Waals surface area contributed by atoms with Gasteiger partial charge in [0.1, 0.15) is 11.3 Å². The van der Waals surface area contributed by atoms with Gasteiger partial charge in [0.15, 0.2) is 0 Å². The van der Waals surface area contributed by atoms with Gasteiger partial charge in [-0.25, -0.2) is 0 Å². The standard InChI is InChI=1S/C22H22O2/c23-19-11-9-14-5-1-3-7-16(14)21(19)18-13-24-20-12-10-15-6-2-4-8-17(15)22(18)20/h9-13,23H,1-8H2. The summed E-state index contributed by atoms with van der Waals surface area (Å²) in [5.74, 6) is 0.395. The number of benzene rings is 2. The Balaban J connectivity index is 1.82. The highest BCUT2D eigenvalue weighted by Gasteiger charge is 2.23. The minimum atomic E-state index is 0.395. The normalized spacial score (nSPS) is 16.8. The topological polar surface area (TPSA) is 33.4 Å². The first-order valence-corrected chi connectivity index (χ1v) is 9.19. The molecule has 0 bridgehead atoms. The first-order chi connectivity index (χ1) is 11.8. The number of aromatic hydroxyl groups is 1. The van der Waals surface area contributed by atoms with Crippen molar-refractivity contribution in [3.8, 4) is 16.9 Å². The molecular formula is C22H22O2. The van der Waals surface area contributed by atoms with Gasteiger partial charge in [-0.05, 0) is 85.8 Å². The molecule has 1 N–H and O–H groups in total. The van der Waals surface area contributed by atoms with Crippen molar-refractivity contribution in [3.05, 3.63) is 52.8 Å². The van der Waals surface area contributed by atoms with Crippen LogP contribution in [0.5, 0.6) is 5.75 Å². The van der Waals surface area contributed by atoms with Gasteiger partial charge in [-0.1, -0.05) is 12.1 Å². The molecule has 2 heteroatoms. The Morgan fingerprint density at radius 1 is 0.750 bits per heavy atom. The molecule has 0 amide bonds. The van der Waals surface area contributed by atoms with Crippen LogP contribution in [0, 0.1) is 0 Å². The second-order valence-corrected chi connectivity index (χ2v) is 7.24. The zero-order valence-electron chi connectivity index (χ0n) is 13.9. The smallest absolute Gasteiger partial charge is 0.134 e. The maximum Gasteiger partial charge on any atom is 0.134 e. The van der Waals surface area contributed by atoms with E-state index in [1.807, 2.05) is 12.3 Å². The van der Waals surface area contributed by atoms with E-state index in [1.165, 1.54) is 53.3 Å². The lowest BCUT2D eigenvalue weighted by atomic mass is 9.83. The summed E-state index contributed by atoms with van der Waals surface area (Å²) >= 11 is 0. The molecule has 2 aromatic carbocycles. The van der Waals surface area contributed by atoms with E-state index in [-0.39, 0.29) is 0 Å². The van der Waals surface area contributed by atoms with Crippen LogP contribution in [0.2, 0.25) is 0 Å². The summed E-state index contributed by atoms with van der Waals surface area (Å²) in [4.78, 5) is 0. The molecule has 0 spiro atoms. The van der Waals surface area contributed by atoms with Gasteiger partial charge in [-0.15, -0.1) is 0 Å². The van der Waals surface area contributed by atoms with Gasteiger partial charge < -0.3 is 9.52 Å². The zero-order valence-corrected chi connectivity index (χ0v) is 13.9. The van der Waals surface area contributed by atoms with E-state index in [0.717, 1.165) is 42.4 Å². The van der Waals surface area contributed by atoms with Crippen molar-refractivity contribution < 1.29 is 9.52 Å². The molecule has 3 aromatic rings. The van der Waals surface area contributed by atoms with Gasteiger partial charge in [0.25, 0.3) is 0 Å². The molecule has 0 unspecified atom stereocenters. The number of phenolic OH excluding ortho intramolecular Hbond substituents is 1. The van der Waals surface area contributed by atoms with E-state index in [4.69, 9.17) is 4.42 Å². The third kappa shape index (κ3) is 2.02. The molecule has 122 valence electrons. The van der Waals surface area contributed by atoms with Crippen molar-refractivity contribution in [2.45, 2.75) is 51.4 Å². The van der Waals surface area contributed by atoms with Crippen LogP contribution in [-0.4, -0.2) is 5.11 Å². The van der Waals surface area contributed by atoms with Crippen LogP contribution >= 0.6 is 0 Å². The molecule has 2 aliphatic rings. The maximum absolute atomic E-state index is 10.7. The van der Waals surface area contributed by atoms with E-state index in [1.54, 1.807) is 0 Å². The highest BCUT2D eigenvalue weighted by atomic mass is 16.3. The molecule has 1 aromatic heterocycles. The Kier molecular flexibility index (Phi) is 3.19. The van der Waals surface area contributed by atoms with Gasteiger partial charge in [-0.3, -0.25) is 0 Å². The van der Waals surface area contributed by atoms with E-state index < -0.39 is 0 Å². The summed E-state index contributed by atoms with van der Waals surface area (Å²) in [6.45, 7) is 0. The lowest BCUT2D eigenvalue weighted by Gasteiger charge is -2.21. The monoisotopic (exact) mass is 318 g/mol. The van der Waals surface area contributed by atoms with Crippen LogP contribution in [0.15, 0.2) is 34.9 Å². The SMILES string of the molecule is Oc1ccc2c(c1-c1coc3ccc4c(c13)CCCC4)CCCC2. The quantitative estimate of drug-likeness (QED) is 0.637. The molecule has 2 aliphatic carbocycles. The molecule has 1 heterocycles. The number of phenols is 1. The lowest BCUT2D eigenvalue weighted by Crippen LogP contribution is -2.05. The maximum atomic E-state index is 10.7. The Morgan fingerprint density at radius 3 is 2.25 bits per heavy atom. The number of hydrogen-bond donors (Lipinski definition) is 1. The third-order valence-electron chi connectivity index (χ3n) is 5.85. The molecule has 2 nitrogen and oxygen atoms in total. The predicted molar refractivity (Wildman–Crippen MR) is 96.6 cm³/mol. The number of hydrogen-bond acceptors (Lipinski definition) is 2. The van der Waals surface area contributed by atoms with Crippen LogP contribution in [-0.2, 0) is 25.7 Å². The molecule has 0 fully saturated rings. The van der Waals surface area contributed by atoms with Crippen molar-refractivity contribution >= 4 is 11.0 Å². The molecule has 0 radical (unpaired) electrons. The molecule has 0 saturated heterocycles. The highest BCUT2D eigenvalue weighted by molar-refractivity contribution is 5.99. The Bertz CT molecular complexity index is 933. The summed E-state index contributed by atoms with van der Waals surface area (Å²) in [5.41, 5.74) is 8.70. The van der Waals surface area contributed by atoms with Gasteiger partial charge in [0.2, 0.25) is 0 Å². The number of rotatable bonds is 1. The fourth-order valence-electron chi connectivity index (χ4n) is 4.68. The Morgan fingerprint density at radius 2 is 1.42 bits per heavy atom. The summed E-state index contributed by atoms with van der Waals surface area (Å²) in [7, 11) is 0. The van der Waals surface area contributed by atoms with Crippen LogP contribution in [0.3, 0.4) is 0 Å². The van der Waals surface area contributed by atoms with Crippen LogP contribution in [0.4, 0.5) is 0 Å². The predicted octanol–water partition coefficient (Wildman–Crippen LogP) is 5.56. The summed E-state index contributed by atoms with van der Waals surface area (Å²) in [6.07, 6.45) is 11.3. The van der Waals surface area contributed by atoms with Crippen molar-refractivity contribution in [2.75, 3.05) is 0 Å². The summed E-state index contributed by atoms with van der Waals surface area (Å²) in [5, 5.41) is 11.9. The molecule has 0 saturated carbocycles. The molecule has 24 heavy (non-hydrogen) atoms. The average molecular weight is 318 g/mol. The minimum Gasteiger partial charge on any atom is -0.507 e. The van der Waals surface area contributed by atoms with Crippen LogP contribution in [0.25, 0.3) is 22.1 Å². The van der Waals surface area contributed by atoms with E-state index in [2.05, 4.69) is 18.2 Å². The van der Waals surface area contributed by atoms with Gasteiger partial charge in [0, 0.05) is 16.5 Å².